The summed E-state index contributed by atoms with van der Waals surface area (Å²) in [4.78, 5) is 25.2. The van der Waals surface area contributed by atoms with Crippen molar-refractivity contribution in [2.24, 2.45) is 0 Å². The molecule has 61 heavy (non-hydrogen) atoms. The molecule has 0 N–H and O–H groups in total. The van der Waals surface area contributed by atoms with Crippen molar-refractivity contribution >= 4 is 22.1 Å². The zero-order valence-corrected chi connectivity index (χ0v) is 43.6. The Morgan fingerprint density at radius 2 is 0.721 bits per heavy atom. The Morgan fingerprint density at radius 3 is 1.02 bits per heavy atom. The summed E-state index contributed by atoms with van der Waals surface area (Å²) in [6.07, 6.45) is 54.7. The summed E-state index contributed by atoms with van der Waals surface area (Å²) >= 11 is 0. The van der Waals surface area contributed by atoms with Gasteiger partial charge in [0.25, 0.3) is 0 Å². The standard InChI is InChI=1S/C52H90O7S.K/c1-3-5-7-9-11-13-15-17-19-21-23-25-27-29-31-33-35-37-39-41-45-58-51(53)49-44-43-48(60(55,56)57)47-50(49)52(54)59-46-42-40-38-36-34-32-30-28-26-24-22-20-18-16-14-12-10-8-6-4-2;/h39-44,47H,3-38,45-46H2,1-2H3,(H,55,56,57);/q;+1/p-1/b41-39+,42-40+;. The van der Waals surface area contributed by atoms with Crippen LogP contribution in [0.25, 0.3) is 0 Å². The van der Waals surface area contributed by atoms with Crippen LogP contribution < -0.4 is 51.4 Å². The van der Waals surface area contributed by atoms with Crippen molar-refractivity contribution in [3.05, 3.63) is 53.6 Å². The van der Waals surface area contributed by atoms with Gasteiger partial charge in [0.2, 0.25) is 0 Å². The Balaban J connectivity index is 0.0000360. The van der Waals surface area contributed by atoms with Gasteiger partial charge in [0.15, 0.2) is 0 Å². The molecule has 0 amide bonds. The zero-order chi connectivity index (χ0) is 43.6. The van der Waals surface area contributed by atoms with E-state index in [0.29, 0.717) is 0 Å². The van der Waals surface area contributed by atoms with Crippen molar-refractivity contribution in [2.75, 3.05) is 13.2 Å². The van der Waals surface area contributed by atoms with E-state index in [1.165, 1.54) is 205 Å². The summed E-state index contributed by atoms with van der Waals surface area (Å²) in [5.74, 6) is -1.67. The maximum atomic E-state index is 12.9. The predicted octanol–water partition coefficient (Wildman–Crippen LogP) is 13.1. The van der Waals surface area contributed by atoms with E-state index >= 15 is 0 Å². The number of hydrogen-bond acceptors (Lipinski definition) is 7. The van der Waals surface area contributed by atoms with E-state index in [-0.39, 0.29) is 75.7 Å². The predicted molar refractivity (Wildman–Crippen MR) is 251 cm³/mol. The molecular weight excluding hydrogens is 808 g/mol. The maximum absolute atomic E-state index is 12.9. The molecule has 1 aromatic rings. The number of hydrogen-bond donors (Lipinski definition) is 0. The molecule has 0 aromatic heterocycles. The molecule has 1 aromatic carbocycles. The molecule has 0 saturated heterocycles. The molecule has 0 fully saturated rings. The van der Waals surface area contributed by atoms with Gasteiger partial charge in [-0.2, -0.15) is 0 Å². The summed E-state index contributed by atoms with van der Waals surface area (Å²) < 4.78 is 45.7. The third kappa shape index (κ3) is 37.1. The molecule has 0 aliphatic heterocycles. The molecule has 0 aliphatic rings. The van der Waals surface area contributed by atoms with E-state index in [1.807, 2.05) is 12.2 Å². The molecule has 9 heteroatoms. The molecule has 0 unspecified atom stereocenters. The van der Waals surface area contributed by atoms with Gasteiger partial charge < -0.3 is 14.0 Å². The van der Waals surface area contributed by atoms with Crippen molar-refractivity contribution < 1.29 is 83.4 Å². The molecule has 0 heterocycles. The van der Waals surface area contributed by atoms with E-state index in [9.17, 15) is 22.6 Å². The topological polar surface area (TPSA) is 110 Å². The zero-order valence-electron chi connectivity index (χ0n) is 39.7. The first-order valence-electron chi connectivity index (χ1n) is 25.0. The van der Waals surface area contributed by atoms with E-state index in [0.717, 1.165) is 43.9 Å². The molecule has 0 aliphatic carbocycles. The summed E-state index contributed by atoms with van der Waals surface area (Å²) in [6.45, 7) is 4.54. The molecule has 0 radical (unpaired) electrons. The van der Waals surface area contributed by atoms with Gasteiger partial charge in [0.1, 0.15) is 23.3 Å². The first-order valence-corrected chi connectivity index (χ1v) is 26.5. The summed E-state index contributed by atoms with van der Waals surface area (Å²) in [5, 5.41) is 0. The first-order chi connectivity index (χ1) is 29.3. The van der Waals surface area contributed by atoms with Gasteiger partial charge in [-0.25, -0.2) is 18.0 Å². The number of esters is 2. The van der Waals surface area contributed by atoms with Crippen LogP contribution in [0.3, 0.4) is 0 Å². The molecule has 1 rings (SSSR count). The average Bonchev–Trinajstić information content (AvgIpc) is 3.24. The van der Waals surface area contributed by atoms with Crippen LogP contribution in [0, 0.1) is 0 Å². The summed E-state index contributed by atoms with van der Waals surface area (Å²) in [6, 6.07) is 3.05. The number of allylic oxidation sites excluding steroid dienone is 2. The van der Waals surface area contributed by atoms with Crippen molar-refractivity contribution in [1.29, 1.82) is 0 Å². The average molecular weight is 897 g/mol. The van der Waals surface area contributed by atoms with Crippen LogP contribution >= 0.6 is 0 Å². The molecule has 346 valence electrons. The number of ether oxygens (including phenoxy) is 2. The van der Waals surface area contributed by atoms with Gasteiger partial charge in [-0.1, -0.05) is 244 Å². The molecule has 7 nitrogen and oxygen atoms in total. The van der Waals surface area contributed by atoms with Crippen LogP contribution in [0.4, 0.5) is 0 Å². The van der Waals surface area contributed by atoms with E-state index in [4.69, 9.17) is 9.47 Å². The van der Waals surface area contributed by atoms with Gasteiger partial charge in [-0.05, 0) is 43.9 Å². The minimum absolute atomic E-state index is 0. The number of benzene rings is 1. The largest absolute Gasteiger partial charge is 1.00 e. The Morgan fingerprint density at radius 1 is 0.443 bits per heavy atom. The van der Waals surface area contributed by atoms with Crippen LogP contribution in [0.1, 0.15) is 266 Å². The van der Waals surface area contributed by atoms with Crippen LogP contribution in [0.5, 0.6) is 0 Å². The Labute approximate surface area is 418 Å². The van der Waals surface area contributed by atoms with Crippen LogP contribution in [-0.4, -0.2) is 38.1 Å². The monoisotopic (exact) mass is 897 g/mol. The second-order valence-electron chi connectivity index (χ2n) is 17.2. The van der Waals surface area contributed by atoms with E-state index in [1.54, 1.807) is 12.2 Å². The quantitative estimate of drug-likeness (QED) is 0.0211. The van der Waals surface area contributed by atoms with Crippen LogP contribution in [0.15, 0.2) is 47.4 Å². The minimum atomic E-state index is -4.84. The molecule has 0 bridgehead atoms. The minimum Gasteiger partial charge on any atom is -0.744 e. The van der Waals surface area contributed by atoms with E-state index < -0.39 is 27.0 Å². The van der Waals surface area contributed by atoms with Crippen molar-refractivity contribution in [2.45, 2.75) is 250 Å². The first kappa shape index (κ1) is 60.2. The molecule has 0 saturated carbocycles. The normalized spacial score (nSPS) is 11.7. The number of rotatable bonds is 43. The van der Waals surface area contributed by atoms with Gasteiger partial charge in [0.05, 0.1) is 16.0 Å². The number of carbonyl (C=O) groups is 2. The molecule has 0 spiro atoms. The fraction of sp³-hybridized carbons (Fsp3) is 0.769. The van der Waals surface area contributed by atoms with Gasteiger partial charge in [0, 0.05) is 0 Å². The Kier molecular flexibility index (Phi) is 43.8. The smallest absolute Gasteiger partial charge is 0.744 e. The van der Waals surface area contributed by atoms with Crippen molar-refractivity contribution in [3.8, 4) is 0 Å². The SMILES string of the molecule is CCCCCCCCCCCCCCCCCCC/C=C/COC(=O)c1ccc(S(=O)(=O)[O-])cc1C(=O)OC/C=C/CCCCCCCCCCCCCCCCCCC.[K+]. The van der Waals surface area contributed by atoms with Crippen LogP contribution in [0.2, 0.25) is 0 Å². The third-order valence-electron chi connectivity index (χ3n) is 11.6. The maximum Gasteiger partial charge on any atom is 1.00 e. The summed E-state index contributed by atoms with van der Waals surface area (Å²) in [5.41, 5.74) is -0.438. The van der Waals surface area contributed by atoms with Gasteiger partial charge in [-0.15, -0.1) is 0 Å². The van der Waals surface area contributed by atoms with Crippen LogP contribution in [-0.2, 0) is 19.6 Å². The number of carbonyl (C=O) groups excluding carboxylic acids is 2. The Hall–Kier alpha value is -0.814. The Bertz CT molecular complexity index is 1340. The fourth-order valence-corrected chi connectivity index (χ4v) is 8.27. The van der Waals surface area contributed by atoms with Gasteiger partial charge in [-0.3, -0.25) is 0 Å². The fourth-order valence-electron chi connectivity index (χ4n) is 7.77. The molecular formula is C52H89KO7S. The van der Waals surface area contributed by atoms with Crippen molar-refractivity contribution in [3.63, 3.8) is 0 Å². The molecule has 0 atom stereocenters. The third-order valence-corrected chi connectivity index (χ3v) is 12.5. The second-order valence-corrected chi connectivity index (χ2v) is 18.6. The van der Waals surface area contributed by atoms with Gasteiger partial charge >= 0.3 is 63.3 Å². The second kappa shape index (κ2) is 44.4. The van der Waals surface area contributed by atoms with E-state index in [2.05, 4.69) is 13.8 Å². The summed E-state index contributed by atoms with van der Waals surface area (Å²) in [7, 11) is -4.84. The number of unbranched alkanes of at least 4 members (excludes halogenated alkanes) is 34. The van der Waals surface area contributed by atoms with Crippen molar-refractivity contribution in [1.82, 2.24) is 0 Å².